The fourth-order valence-electron chi connectivity index (χ4n) is 1.62. The average molecular weight is 268 g/mol. The number of aliphatic carboxylic acids is 1. The Morgan fingerprint density at radius 3 is 2.58 bits per heavy atom. The number of carbonyl (C=O) groups is 1. The lowest BCUT2D eigenvalue weighted by molar-refractivity contribution is -0.137. The second-order valence-corrected chi connectivity index (χ2v) is 3.88. The predicted molar refractivity (Wildman–Crippen MR) is 60.0 cm³/mol. The van der Waals surface area contributed by atoms with Crippen LogP contribution in [0.3, 0.4) is 0 Å². The minimum Gasteiger partial charge on any atom is -0.481 e. The third-order valence-electron chi connectivity index (χ3n) is 2.41. The molecule has 0 spiro atoms. The van der Waals surface area contributed by atoms with Crippen molar-refractivity contribution in [2.75, 3.05) is 0 Å². The molecule has 0 radical (unpaired) electrons. The zero-order valence-corrected chi connectivity index (χ0v) is 9.75. The van der Waals surface area contributed by atoms with Gasteiger partial charge in [-0.25, -0.2) is 13.5 Å². The van der Waals surface area contributed by atoms with Crippen molar-refractivity contribution >= 4 is 5.97 Å². The Kier molecular flexibility index (Phi) is 3.79. The number of nitrogens with zero attached hydrogens (tertiary/aromatic N) is 4. The summed E-state index contributed by atoms with van der Waals surface area (Å²) in [5.74, 6) is -2.18. The maximum Gasteiger partial charge on any atom is 0.303 e. The van der Waals surface area contributed by atoms with Crippen LogP contribution in [0.1, 0.15) is 12.8 Å². The molecule has 0 amide bonds. The quantitative estimate of drug-likeness (QED) is 0.888. The van der Waals surface area contributed by atoms with Gasteiger partial charge in [-0.05, 0) is 29.0 Å². The Labute approximate surface area is 106 Å². The van der Waals surface area contributed by atoms with Crippen LogP contribution < -0.4 is 0 Å². The lowest BCUT2D eigenvalue weighted by Crippen LogP contribution is -2.05. The van der Waals surface area contributed by atoms with E-state index in [0.717, 1.165) is 18.2 Å². The number of rotatable bonds is 5. The average Bonchev–Trinajstić information content (AvgIpc) is 2.75. The second kappa shape index (κ2) is 5.51. The topological polar surface area (TPSA) is 80.9 Å². The molecule has 0 saturated carbocycles. The molecule has 0 saturated heterocycles. The van der Waals surface area contributed by atoms with Gasteiger partial charge in [-0.3, -0.25) is 4.79 Å². The number of benzene rings is 1. The molecule has 2 rings (SSSR count). The Balaban J connectivity index is 2.21. The molecule has 19 heavy (non-hydrogen) atoms. The van der Waals surface area contributed by atoms with E-state index in [1.165, 1.54) is 4.68 Å². The van der Waals surface area contributed by atoms with Crippen molar-refractivity contribution < 1.29 is 18.7 Å². The van der Waals surface area contributed by atoms with E-state index in [9.17, 15) is 13.6 Å². The summed E-state index contributed by atoms with van der Waals surface area (Å²) in [7, 11) is 0. The van der Waals surface area contributed by atoms with E-state index < -0.39 is 17.6 Å². The summed E-state index contributed by atoms with van der Waals surface area (Å²) < 4.78 is 27.5. The highest BCUT2D eigenvalue weighted by molar-refractivity contribution is 5.66. The standard InChI is InChI=1S/C11H10F2N4O2/c12-8-4-7(5-9(13)6-8)11-14-15-16-17(11)3-1-2-10(18)19/h4-6H,1-3H2,(H,18,19). The molecule has 1 N–H and O–H groups in total. The highest BCUT2D eigenvalue weighted by Gasteiger charge is 2.11. The zero-order chi connectivity index (χ0) is 13.8. The number of aromatic nitrogens is 4. The molecule has 0 fully saturated rings. The van der Waals surface area contributed by atoms with Gasteiger partial charge in [0.1, 0.15) is 11.6 Å². The molecule has 0 unspecified atom stereocenters. The molecule has 1 aromatic heterocycles. The Morgan fingerprint density at radius 1 is 1.26 bits per heavy atom. The first-order valence-corrected chi connectivity index (χ1v) is 5.50. The molecule has 6 nitrogen and oxygen atoms in total. The Morgan fingerprint density at radius 2 is 1.95 bits per heavy atom. The van der Waals surface area contributed by atoms with E-state index in [0.29, 0.717) is 6.42 Å². The largest absolute Gasteiger partial charge is 0.481 e. The van der Waals surface area contributed by atoms with Gasteiger partial charge in [-0.2, -0.15) is 0 Å². The molecule has 0 bridgehead atoms. The highest BCUT2D eigenvalue weighted by atomic mass is 19.1. The predicted octanol–water partition coefficient (Wildman–Crippen LogP) is 1.48. The molecule has 100 valence electrons. The minimum absolute atomic E-state index is 0.0309. The minimum atomic E-state index is -0.925. The van der Waals surface area contributed by atoms with Crippen LogP contribution in [0.4, 0.5) is 8.78 Å². The summed E-state index contributed by atoms with van der Waals surface area (Å²) in [5, 5.41) is 19.3. The van der Waals surface area contributed by atoms with Crippen molar-refractivity contribution in [1.82, 2.24) is 20.2 Å². The first kappa shape index (κ1) is 13.1. The molecule has 0 aliphatic carbocycles. The van der Waals surface area contributed by atoms with Crippen LogP contribution in [0.25, 0.3) is 11.4 Å². The molecule has 2 aromatic rings. The van der Waals surface area contributed by atoms with E-state index in [2.05, 4.69) is 15.5 Å². The molecule has 8 heteroatoms. The molecular formula is C11H10F2N4O2. The van der Waals surface area contributed by atoms with Crippen LogP contribution in [0.5, 0.6) is 0 Å². The van der Waals surface area contributed by atoms with E-state index >= 15 is 0 Å². The summed E-state index contributed by atoms with van der Waals surface area (Å²) in [5.41, 5.74) is 0.206. The maximum atomic E-state index is 13.1. The van der Waals surface area contributed by atoms with E-state index in [-0.39, 0.29) is 24.4 Å². The summed E-state index contributed by atoms with van der Waals surface area (Å²) in [6.45, 7) is 0.257. The van der Waals surface area contributed by atoms with Gasteiger partial charge >= 0.3 is 5.97 Å². The Hall–Kier alpha value is -2.38. The van der Waals surface area contributed by atoms with Gasteiger partial charge in [-0.1, -0.05) is 0 Å². The highest BCUT2D eigenvalue weighted by Crippen LogP contribution is 2.19. The van der Waals surface area contributed by atoms with Crippen molar-refractivity contribution in [2.24, 2.45) is 0 Å². The van der Waals surface area contributed by atoms with E-state index in [4.69, 9.17) is 5.11 Å². The third-order valence-corrected chi connectivity index (χ3v) is 2.41. The summed E-state index contributed by atoms with van der Waals surface area (Å²) in [4.78, 5) is 10.4. The summed E-state index contributed by atoms with van der Waals surface area (Å²) >= 11 is 0. The number of hydrogen-bond acceptors (Lipinski definition) is 4. The second-order valence-electron chi connectivity index (χ2n) is 3.88. The smallest absolute Gasteiger partial charge is 0.303 e. The van der Waals surface area contributed by atoms with Crippen LogP contribution in [-0.4, -0.2) is 31.3 Å². The fourth-order valence-corrected chi connectivity index (χ4v) is 1.62. The first-order valence-electron chi connectivity index (χ1n) is 5.50. The number of halogens is 2. The van der Waals surface area contributed by atoms with Crippen LogP contribution in [0.2, 0.25) is 0 Å². The molecule has 1 aromatic carbocycles. The van der Waals surface area contributed by atoms with Crippen molar-refractivity contribution in [2.45, 2.75) is 19.4 Å². The normalized spacial score (nSPS) is 10.6. The van der Waals surface area contributed by atoms with E-state index in [1.54, 1.807) is 0 Å². The SMILES string of the molecule is O=C(O)CCCn1nnnc1-c1cc(F)cc(F)c1. The number of carboxylic acid groups (broad SMARTS) is 1. The molecule has 0 aliphatic rings. The van der Waals surface area contributed by atoms with Gasteiger partial charge in [0, 0.05) is 24.6 Å². The monoisotopic (exact) mass is 268 g/mol. The molecule has 0 aliphatic heterocycles. The van der Waals surface area contributed by atoms with Gasteiger partial charge in [0.15, 0.2) is 5.82 Å². The van der Waals surface area contributed by atoms with Gasteiger partial charge < -0.3 is 5.11 Å². The number of carboxylic acids is 1. The summed E-state index contributed by atoms with van der Waals surface area (Å²) in [6, 6.07) is 2.98. The van der Waals surface area contributed by atoms with Gasteiger partial charge in [0.05, 0.1) is 0 Å². The Bertz CT molecular complexity index is 580. The van der Waals surface area contributed by atoms with E-state index in [1.807, 2.05) is 0 Å². The van der Waals surface area contributed by atoms with Crippen LogP contribution in [0.15, 0.2) is 18.2 Å². The first-order chi connectivity index (χ1) is 9.06. The number of hydrogen-bond donors (Lipinski definition) is 1. The number of aryl methyl sites for hydroxylation is 1. The summed E-state index contributed by atoms with van der Waals surface area (Å²) in [6.07, 6.45) is 0.294. The van der Waals surface area contributed by atoms with Gasteiger partial charge in [0.2, 0.25) is 0 Å². The molecular weight excluding hydrogens is 258 g/mol. The van der Waals surface area contributed by atoms with Crippen molar-refractivity contribution in [3.8, 4) is 11.4 Å². The van der Waals surface area contributed by atoms with Crippen LogP contribution in [-0.2, 0) is 11.3 Å². The maximum absolute atomic E-state index is 13.1. The van der Waals surface area contributed by atoms with Gasteiger partial charge in [0.25, 0.3) is 0 Å². The van der Waals surface area contributed by atoms with Crippen molar-refractivity contribution in [3.05, 3.63) is 29.8 Å². The lowest BCUT2D eigenvalue weighted by Gasteiger charge is -2.04. The van der Waals surface area contributed by atoms with Gasteiger partial charge in [-0.15, -0.1) is 5.10 Å². The van der Waals surface area contributed by atoms with Crippen LogP contribution in [0, 0.1) is 11.6 Å². The number of tetrazole rings is 1. The zero-order valence-electron chi connectivity index (χ0n) is 9.75. The lowest BCUT2D eigenvalue weighted by atomic mass is 10.2. The van der Waals surface area contributed by atoms with Crippen molar-refractivity contribution in [3.63, 3.8) is 0 Å². The third kappa shape index (κ3) is 3.30. The van der Waals surface area contributed by atoms with Crippen LogP contribution >= 0.6 is 0 Å². The molecule has 0 atom stereocenters. The molecule has 1 heterocycles. The fraction of sp³-hybridized carbons (Fsp3) is 0.273. The van der Waals surface area contributed by atoms with Crippen molar-refractivity contribution in [1.29, 1.82) is 0 Å².